The van der Waals surface area contributed by atoms with Crippen LogP contribution in [0.3, 0.4) is 0 Å². The molecular formula is C22H31N5O3S. The molecule has 2 atom stereocenters. The van der Waals surface area contributed by atoms with Gasteiger partial charge in [-0.3, -0.25) is 0 Å². The maximum absolute atomic E-state index is 11.9. The summed E-state index contributed by atoms with van der Waals surface area (Å²) >= 11 is 0. The lowest BCUT2D eigenvalue weighted by atomic mass is 9.85. The minimum absolute atomic E-state index is 0.0724. The van der Waals surface area contributed by atoms with Crippen molar-refractivity contribution in [3.63, 3.8) is 0 Å². The van der Waals surface area contributed by atoms with E-state index >= 15 is 0 Å². The molecule has 0 bridgehead atoms. The SMILES string of the molecule is CS(=O)(=O)NC1CCN(c2ccccn2)C[C@H]1CO[C@H]1CC[C@@H](c2cccnn2)CC1. The molecule has 4 rings (SSSR count). The monoisotopic (exact) mass is 445 g/mol. The first-order chi connectivity index (χ1) is 15.0. The lowest BCUT2D eigenvalue weighted by Gasteiger charge is -2.40. The molecule has 1 aliphatic heterocycles. The van der Waals surface area contributed by atoms with Crippen LogP contribution < -0.4 is 9.62 Å². The Bertz CT molecular complexity index is 921. The van der Waals surface area contributed by atoms with E-state index in [4.69, 9.17) is 4.74 Å². The van der Waals surface area contributed by atoms with Crippen molar-refractivity contribution in [1.82, 2.24) is 19.9 Å². The van der Waals surface area contributed by atoms with E-state index in [0.717, 1.165) is 56.7 Å². The summed E-state index contributed by atoms with van der Waals surface area (Å²) < 4.78 is 32.9. The van der Waals surface area contributed by atoms with Crippen molar-refractivity contribution < 1.29 is 13.2 Å². The first kappa shape index (κ1) is 22.1. The highest BCUT2D eigenvalue weighted by atomic mass is 32.2. The molecule has 2 aromatic heterocycles. The van der Waals surface area contributed by atoms with Gasteiger partial charge in [0.05, 0.1) is 24.7 Å². The zero-order chi connectivity index (χ0) is 21.7. The average Bonchev–Trinajstić information content (AvgIpc) is 2.79. The molecule has 1 saturated carbocycles. The molecule has 8 nitrogen and oxygen atoms in total. The second kappa shape index (κ2) is 10.0. The molecule has 0 amide bonds. The van der Waals surface area contributed by atoms with Gasteiger partial charge in [0.1, 0.15) is 5.82 Å². The molecule has 168 valence electrons. The normalized spacial score (nSPS) is 27.2. The summed E-state index contributed by atoms with van der Waals surface area (Å²) in [6, 6.07) is 9.75. The third-order valence-corrected chi connectivity index (χ3v) is 7.03. The molecule has 31 heavy (non-hydrogen) atoms. The number of pyridine rings is 1. The van der Waals surface area contributed by atoms with Crippen LogP contribution in [0.25, 0.3) is 0 Å². The highest BCUT2D eigenvalue weighted by Crippen LogP contribution is 2.33. The van der Waals surface area contributed by atoms with Crippen LogP contribution in [0.5, 0.6) is 0 Å². The largest absolute Gasteiger partial charge is 0.378 e. The molecule has 9 heteroatoms. The lowest BCUT2D eigenvalue weighted by Crippen LogP contribution is -2.52. The number of aromatic nitrogens is 3. The molecular weight excluding hydrogens is 414 g/mol. The molecule has 2 fully saturated rings. The standard InChI is InChI=1S/C22H31N5O3S/c1-31(28,29)26-21-11-14-27(22-6-2-3-12-23-22)15-18(21)16-30-19-9-7-17(8-10-19)20-5-4-13-24-25-20/h2-6,12-13,17-19,21,26H,7-11,14-16H2,1H3/t17-,18-,19+,21?/m0/s1. The molecule has 0 spiro atoms. The predicted molar refractivity (Wildman–Crippen MR) is 119 cm³/mol. The number of hydrogen-bond donors (Lipinski definition) is 1. The Morgan fingerprint density at radius 2 is 1.94 bits per heavy atom. The van der Waals surface area contributed by atoms with Gasteiger partial charge >= 0.3 is 0 Å². The van der Waals surface area contributed by atoms with Crippen LogP contribution in [0.4, 0.5) is 5.82 Å². The molecule has 1 saturated heterocycles. The van der Waals surface area contributed by atoms with Crippen molar-refractivity contribution in [3.05, 3.63) is 48.4 Å². The van der Waals surface area contributed by atoms with Gasteiger partial charge in [-0.15, -0.1) is 0 Å². The minimum atomic E-state index is -3.27. The van der Waals surface area contributed by atoms with E-state index in [0.29, 0.717) is 12.5 Å². The van der Waals surface area contributed by atoms with Crippen LogP contribution in [0.15, 0.2) is 42.7 Å². The summed E-state index contributed by atoms with van der Waals surface area (Å²) in [6.07, 6.45) is 9.72. The van der Waals surface area contributed by atoms with Crippen LogP contribution in [-0.4, -0.2) is 61.7 Å². The number of sulfonamides is 1. The second-order valence-corrected chi connectivity index (χ2v) is 10.4. The smallest absolute Gasteiger partial charge is 0.208 e. The summed E-state index contributed by atoms with van der Waals surface area (Å²) in [4.78, 5) is 6.68. The summed E-state index contributed by atoms with van der Waals surface area (Å²) in [7, 11) is -3.27. The summed E-state index contributed by atoms with van der Waals surface area (Å²) in [5.74, 6) is 1.44. The van der Waals surface area contributed by atoms with Crippen molar-refractivity contribution in [2.75, 3.05) is 30.9 Å². The Morgan fingerprint density at radius 3 is 2.61 bits per heavy atom. The fraction of sp³-hybridized carbons (Fsp3) is 0.591. The van der Waals surface area contributed by atoms with Crippen molar-refractivity contribution >= 4 is 15.8 Å². The van der Waals surface area contributed by atoms with Crippen LogP contribution in [-0.2, 0) is 14.8 Å². The van der Waals surface area contributed by atoms with Gasteiger partial charge in [-0.2, -0.15) is 10.2 Å². The van der Waals surface area contributed by atoms with E-state index in [1.54, 1.807) is 12.4 Å². The summed E-state index contributed by atoms with van der Waals surface area (Å²) in [5, 5.41) is 8.26. The van der Waals surface area contributed by atoms with Crippen molar-refractivity contribution in [1.29, 1.82) is 0 Å². The topological polar surface area (TPSA) is 97.3 Å². The van der Waals surface area contributed by atoms with Crippen LogP contribution in [0.1, 0.15) is 43.7 Å². The maximum Gasteiger partial charge on any atom is 0.208 e. The maximum atomic E-state index is 11.9. The molecule has 3 heterocycles. The van der Waals surface area contributed by atoms with E-state index in [1.807, 2.05) is 24.3 Å². The van der Waals surface area contributed by atoms with Crippen molar-refractivity contribution in [3.8, 4) is 0 Å². The average molecular weight is 446 g/mol. The van der Waals surface area contributed by atoms with Crippen LogP contribution >= 0.6 is 0 Å². The van der Waals surface area contributed by atoms with E-state index in [-0.39, 0.29) is 18.1 Å². The van der Waals surface area contributed by atoms with Gasteiger partial charge in [0.2, 0.25) is 10.0 Å². The minimum Gasteiger partial charge on any atom is -0.378 e. The number of hydrogen-bond acceptors (Lipinski definition) is 7. The highest BCUT2D eigenvalue weighted by molar-refractivity contribution is 7.88. The van der Waals surface area contributed by atoms with Gasteiger partial charge in [-0.25, -0.2) is 18.1 Å². The number of ether oxygens (including phenoxy) is 1. The zero-order valence-corrected chi connectivity index (χ0v) is 18.7. The van der Waals surface area contributed by atoms with E-state index in [2.05, 4.69) is 30.9 Å². The van der Waals surface area contributed by atoms with Crippen LogP contribution in [0.2, 0.25) is 0 Å². The van der Waals surface area contributed by atoms with Crippen molar-refractivity contribution in [2.24, 2.45) is 5.92 Å². The molecule has 2 aliphatic rings. The molecule has 0 radical (unpaired) electrons. The molecule has 1 unspecified atom stereocenters. The Balaban J connectivity index is 1.34. The van der Waals surface area contributed by atoms with Gasteiger partial charge in [0.25, 0.3) is 0 Å². The Labute approximate surface area is 184 Å². The summed E-state index contributed by atoms with van der Waals surface area (Å²) in [6.45, 7) is 2.03. The molecule has 2 aromatic rings. The van der Waals surface area contributed by atoms with Gasteiger partial charge in [-0.1, -0.05) is 6.07 Å². The van der Waals surface area contributed by atoms with E-state index in [9.17, 15) is 8.42 Å². The van der Waals surface area contributed by atoms with Gasteiger partial charge in [-0.05, 0) is 56.4 Å². The number of nitrogens with zero attached hydrogens (tertiary/aromatic N) is 4. The molecule has 1 aliphatic carbocycles. The number of rotatable bonds is 7. The number of nitrogens with one attached hydrogen (secondary N) is 1. The zero-order valence-electron chi connectivity index (χ0n) is 17.9. The fourth-order valence-electron chi connectivity index (χ4n) is 4.70. The third kappa shape index (κ3) is 6.21. The quantitative estimate of drug-likeness (QED) is 0.699. The number of anilines is 1. The summed E-state index contributed by atoms with van der Waals surface area (Å²) in [5.41, 5.74) is 1.07. The number of piperidine rings is 1. The van der Waals surface area contributed by atoms with Crippen molar-refractivity contribution in [2.45, 2.75) is 50.2 Å². The first-order valence-corrected chi connectivity index (χ1v) is 12.9. The second-order valence-electron chi connectivity index (χ2n) is 8.63. The highest BCUT2D eigenvalue weighted by Gasteiger charge is 2.33. The molecule has 0 aromatic carbocycles. The predicted octanol–water partition coefficient (Wildman–Crippen LogP) is 2.36. The lowest BCUT2D eigenvalue weighted by molar-refractivity contribution is -0.00236. The van der Waals surface area contributed by atoms with Gasteiger partial charge < -0.3 is 9.64 Å². The Hall–Kier alpha value is -2.10. The van der Waals surface area contributed by atoms with E-state index in [1.165, 1.54) is 6.26 Å². The van der Waals surface area contributed by atoms with E-state index < -0.39 is 10.0 Å². The van der Waals surface area contributed by atoms with Gasteiger partial charge in [0.15, 0.2) is 0 Å². The fourth-order valence-corrected chi connectivity index (χ4v) is 5.56. The Kier molecular flexibility index (Phi) is 7.14. The molecule has 1 N–H and O–H groups in total. The Morgan fingerprint density at radius 1 is 1.10 bits per heavy atom. The van der Waals surface area contributed by atoms with Gasteiger partial charge in [0, 0.05) is 43.4 Å². The van der Waals surface area contributed by atoms with Crippen LogP contribution in [0, 0.1) is 5.92 Å². The third-order valence-electron chi connectivity index (χ3n) is 6.30. The first-order valence-electron chi connectivity index (χ1n) is 11.0.